The molecule has 1 amide bonds. The molecule has 4 nitrogen and oxygen atoms in total. The van der Waals surface area contributed by atoms with E-state index in [1.807, 2.05) is 6.92 Å². The van der Waals surface area contributed by atoms with Gasteiger partial charge < -0.3 is 9.88 Å². The van der Waals surface area contributed by atoms with Crippen LogP contribution in [-0.2, 0) is 23.2 Å². The van der Waals surface area contributed by atoms with Crippen molar-refractivity contribution in [1.82, 2.24) is 14.9 Å². The molecule has 0 aliphatic heterocycles. The fourth-order valence-corrected chi connectivity index (χ4v) is 3.91. The maximum Gasteiger partial charge on any atom is 0.219 e. The second kappa shape index (κ2) is 10.6. The number of benzene rings is 2. The number of imidazole rings is 1. The maximum atomic E-state index is 11.6. The summed E-state index contributed by atoms with van der Waals surface area (Å²) in [4.78, 5) is 16.5. The van der Waals surface area contributed by atoms with Gasteiger partial charge in [0.05, 0.1) is 11.0 Å². The number of aromatic nitrogens is 2. The first-order valence-corrected chi connectivity index (χ1v) is 11.7. The normalized spacial score (nSPS) is 11.7. The highest BCUT2D eigenvalue weighted by Gasteiger charge is 2.14. The van der Waals surface area contributed by atoms with Crippen LogP contribution in [0.25, 0.3) is 11.0 Å². The van der Waals surface area contributed by atoms with Crippen LogP contribution in [0.5, 0.6) is 0 Å². The molecule has 0 radical (unpaired) electrons. The molecule has 1 aromatic heterocycles. The molecule has 0 bridgehead atoms. The average molecular weight is 420 g/mol. The van der Waals surface area contributed by atoms with Gasteiger partial charge in [0.25, 0.3) is 0 Å². The molecule has 0 unspecified atom stereocenters. The van der Waals surface area contributed by atoms with Crippen molar-refractivity contribution < 1.29 is 4.79 Å². The predicted molar refractivity (Wildman–Crippen MR) is 129 cm³/mol. The van der Waals surface area contributed by atoms with Crippen LogP contribution in [0, 0.1) is 0 Å². The number of hydrogen-bond acceptors (Lipinski definition) is 2. The fourth-order valence-electron chi connectivity index (χ4n) is 3.91. The molecule has 2 aromatic carbocycles. The highest BCUT2D eigenvalue weighted by atomic mass is 16.1. The van der Waals surface area contributed by atoms with Gasteiger partial charge in [0.1, 0.15) is 5.82 Å². The third-order valence-electron chi connectivity index (χ3n) is 5.77. The Bertz CT molecular complexity index is 980. The summed E-state index contributed by atoms with van der Waals surface area (Å²) in [5.41, 5.74) is 5.09. The highest BCUT2D eigenvalue weighted by molar-refractivity contribution is 5.76. The third-order valence-corrected chi connectivity index (χ3v) is 5.77. The van der Waals surface area contributed by atoms with E-state index in [1.165, 1.54) is 16.6 Å². The number of amides is 1. The Kier molecular flexibility index (Phi) is 7.89. The zero-order chi connectivity index (χ0) is 22.3. The first-order chi connectivity index (χ1) is 14.9. The van der Waals surface area contributed by atoms with Gasteiger partial charge in [-0.15, -0.1) is 0 Å². The van der Waals surface area contributed by atoms with E-state index in [0.717, 1.165) is 56.5 Å². The van der Waals surface area contributed by atoms with Crippen molar-refractivity contribution in [2.75, 3.05) is 6.54 Å². The molecule has 0 fully saturated rings. The standard InChI is InChI=1S/C27H37N3O/c1-5-11-26(31)28-19-10-6-7-14-25-29-23-12-8-9-13-24(23)30(25)20-21-15-17-22(18-16-21)27(2,3)4/h8-9,12-13,15-18H,5-7,10-11,14,19-20H2,1-4H3,(H,28,31). The number of carbonyl (C=O) groups is 1. The number of unbranched alkanes of at least 4 members (excludes halogenated alkanes) is 2. The Morgan fingerprint density at radius 1 is 1.00 bits per heavy atom. The molecule has 31 heavy (non-hydrogen) atoms. The second-order valence-electron chi connectivity index (χ2n) is 9.46. The lowest BCUT2D eigenvalue weighted by atomic mass is 9.87. The van der Waals surface area contributed by atoms with Gasteiger partial charge >= 0.3 is 0 Å². The van der Waals surface area contributed by atoms with Crippen LogP contribution in [0.15, 0.2) is 48.5 Å². The molecule has 0 atom stereocenters. The van der Waals surface area contributed by atoms with Crippen LogP contribution in [0.2, 0.25) is 0 Å². The fraction of sp³-hybridized carbons (Fsp3) is 0.481. The number of aryl methyl sites for hydroxylation is 1. The monoisotopic (exact) mass is 419 g/mol. The van der Waals surface area contributed by atoms with E-state index in [1.54, 1.807) is 0 Å². The molecule has 0 aliphatic carbocycles. The molecule has 0 aliphatic rings. The first kappa shape index (κ1) is 23.1. The van der Waals surface area contributed by atoms with Gasteiger partial charge in [-0.25, -0.2) is 4.98 Å². The average Bonchev–Trinajstić information content (AvgIpc) is 3.08. The van der Waals surface area contributed by atoms with E-state index in [9.17, 15) is 4.79 Å². The summed E-state index contributed by atoms with van der Waals surface area (Å²) in [6.45, 7) is 10.4. The number of nitrogens with zero attached hydrogens (tertiary/aromatic N) is 2. The minimum absolute atomic E-state index is 0.168. The van der Waals surface area contributed by atoms with Crippen molar-refractivity contribution in [3.05, 3.63) is 65.5 Å². The van der Waals surface area contributed by atoms with Crippen LogP contribution < -0.4 is 5.32 Å². The van der Waals surface area contributed by atoms with Crippen molar-refractivity contribution in [2.45, 2.75) is 78.2 Å². The van der Waals surface area contributed by atoms with E-state index in [0.29, 0.717) is 6.42 Å². The number of carbonyl (C=O) groups excluding carboxylic acids is 1. The van der Waals surface area contributed by atoms with Gasteiger partial charge in [-0.05, 0) is 47.9 Å². The molecule has 1 N–H and O–H groups in total. The maximum absolute atomic E-state index is 11.6. The predicted octanol–water partition coefficient (Wildman–Crippen LogP) is 6.01. The van der Waals surface area contributed by atoms with Crippen molar-refractivity contribution >= 4 is 16.9 Å². The zero-order valence-corrected chi connectivity index (χ0v) is 19.6. The number of rotatable bonds is 10. The second-order valence-corrected chi connectivity index (χ2v) is 9.46. The summed E-state index contributed by atoms with van der Waals surface area (Å²) in [7, 11) is 0. The number of para-hydroxylation sites is 2. The summed E-state index contributed by atoms with van der Waals surface area (Å²) in [6, 6.07) is 17.4. The summed E-state index contributed by atoms with van der Waals surface area (Å²) in [6.07, 6.45) is 5.68. The Morgan fingerprint density at radius 3 is 2.45 bits per heavy atom. The van der Waals surface area contributed by atoms with Crippen molar-refractivity contribution in [1.29, 1.82) is 0 Å². The van der Waals surface area contributed by atoms with Gasteiger partial charge in [0.2, 0.25) is 5.91 Å². The highest BCUT2D eigenvalue weighted by Crippen LogP contribution is 2.24. The molecule has 4 heteroatoms. The molecule has 3 aromatic rings. The SMILES string of the molecule is CCCC(=O)NCCCCCc1nc2ccccc2n1Cc1ccc(C(C)(C)C)cc1. The summed E-state index contributed by atoms with van der Waals surface area (Å²) in [5, 5.41) is 3.00. The molecule has 0 saturated heterocycles. The number of fused-ring (bicyclic) bond motifs is 1. The van der Waals surface area contributed by atoms with Gasteiger partial charge in [0, 0.05) is 25.9 Å². The zero-order valence-electron chi connectivity index (χ0n) is 19.6. The third kappa shape index (κ3) is 6.43. The smallest absolute Gasteiger partial charge is 0.219 e. The van der Waals surface area contributed by atoms with Gasteiger partial charge in [-0.3, -0.25) is 4.79 Å². The summed E-state index contributed by atoms with van der Waals surface area (Å²) < 4.78 is 2.37. The van der Waals surface area contributed by atoms with Gasteiger partial charge in [0.15, 0.2) is 0 Å². The largest absolute Gasteiger partial charge is 0.356 e. The topological polar surface area (TPSA) is 46.9 Å². The van der Waals surface area contributed by atoms with Crippen LogP contribution in [-0.4, -0.2) is 22.0 Å². The summed E-state index contributed by atoms with van der Waals surface area (Å²) in [5.74, 6) is 1.32. The number of hydrogen-bond donors (Lipinski definition) is 1. The Morgan fingerprint density at radius 2 is 1.74 bits per heavy atom. The van der Waals surface area contributed by atoms with Crippen molar-refractivity contribution in [2.24, 2.45) is 0 Å². The van der Waals surface area contributed by atoms with E-state index < -0.39 is 0 Å². The quantitative estimate of drug-likeness (QED) is 0.409. The molecular weight excluding hydrogens is 382 g/mol. The number of nitrogens with one attached hydrogen (secondary N) is 1. The molecular formula is C27H37N3O. The van der Waals surface area contributed by atoms with E-state index >= 15 is 0 Å². The minimum Gasteiger partial charge on any atom is -0.356 e. The van der Waals surface area contributed by atoms with Crippen molar-refractivity contribution in [3.8, 4) is 0 Å². The van der Waals surface area contributed by atoms with E-state index in [4.69, 9.17) is 4.98 Å². The first-order valence-electron chi connectivity index (χ1n) is 11.7. The van der Waals surface area contributed by atoms with Gasteiger partial charge in [-0.1, -0.05) is 70.5 Å². The van der Waals surface area contributed by atoms with Crippen molar-refractivity contribution in [3.63, 3.8) is 0 Å². The van der Waals surface area contributed by atoms with Crippen LogP contribution in [0.1, 0.15) is 76.8 Å². The van der Waals surface area contributed by atoms with Crippen LogP contribution >= 0.6 is 0 Å². The molecule has 0 spiro atoms. The Labute approximate surface area is 187 Å². The lowest BCUT2D eigenvalue weighted by Crippen LogP contribution is -2.23. The van der Waals surface area contributed by atoms with Crippen LogP contribution in [0.4, 0.5) is 0 Å². The van der Waals surface area contributed by atoms with E-state index in [-0.39, 0.29) is 11.3 Å². The summed E-state index contributed by atoms with van der Waals surface area (Å²) >= 11 is 0. The van der Waals surface area contributed by atoms with E-state index in [2.05, 4.69) is 79.2 Å². The lowest BCUT2D eigenvalue weighted by molar-refractivity contribution is -0.121. The molecule has 166 valence electrons. The Hall–Kier alpha value is -2.62. The lowest BCUT2D eigenvalue weighted by Gasteiger charge is -2.19. The van der Waals surface area contributed by atoms with Crippen LogP contribution in [0.3, 0.4) is 0 Å². The minimum atomic E-state index is 0.168. The molecule has 1 heterocycles. The Balaban J connectivity index is 1.64. The van der Waals surface area contributed by atoms with Gasteiger partial charge in [-0.2, -0.15) is 0 Å². The molecule has 0 saturated carbocycles. The molecule has 3 rings (SSSR count).